The fraction of sp³-hybridized carbons (Fsp3) is 1.00. The van der Waals surface area contributed by atoms with Crippen molar-refractivity contribution < 1.29 is 76.8 Å². The summed E-state index contributed by atoms with van der Waals surface area (Å²) in [5.74, 6) is 0. The van der Waals surface area contributed by atoms with Crippen molar-refractivity contribution in [2.24, 2.45) is 0 Å². The van der Waals surface area contributed by atoms with Gasteiger partial charge in [-0.1, -0.05) is 22.3 Å². The van der Waals surface area contributed by atoms with Gasteiger partial charge >= 0.3 is 51.4 Å². The van der Waals surface area contributed by atoms with Gasteiger partial charge in [-0.05, 0) is 0 Å². The molecule has 0 atom stereocenters. The largest absolute Gasteiger partial charge is 1.00 e. The normalized spacial score (nSPS) is 0. The third kappa shape index (κ3) is 21.7. The van der Waals surface area contributed by atoms with Gasteiger partial charge in [-0.15, -0.1) is 0 Å². The number of halogens is 1. The minimum atomic E-state index is 0. The molecule has 0 radical (unpaired) electrons. The van der Waals surface area contributed by atoms with Crippen LogP contribution in [0.5, 0.6) is 0 Å². The van der Waals surface area contributed by atoms with Crippen LogP contribution < -0.4 is 75.4 Å². The SMILES string of the molecule is C.C.C.[2HH].[I-].[K+]. The predicted octanol–water partition coefficient (Wildman–Crippen LogP) is -3.84. The summed E-state index contributed by atoms with van der Waals surface area (Å²) in [6, 6.07) is 0. The minimum absolute atomic E-state index is 0. The maximum Gasteiger partial charge on any atom is 1.00 e. The van der Waals surface area contributed by atoms with Gasteiger partial charge in [0, 0.05) is 1.43 Å². The van der Waals surface area contributed by atoms with E-state index in [1.807, 2.05) is 0 Å². The summed E-state index contributed by atoms with van der Waals surface area (Å²) in [5.41, 5.74) is 0. The second-order valence-electron chi connectivity index (χ2n) is 0. The summed E-state index contributed by atoms with van der Waals surface area (Å²) in [6.07, 6.45) is 0. The Morgan fingerprint density at radius 1 is 0.800 bits per heavy atom. The molecule has 0 saturated heterocycles. The van der Waals surface area contributed by atoms with Crippen LogP contribution in [-0.4, -0.2) is 0 Å². The smallest absolute Gasteiger partial charge is 1.00 e. The Bertz CT molecular complexity index is 10.8. The molecule has 0 fully saturated rings. The third-order valence-corrected chi connectivity index (χ3v) is 0. The maximum absolute atomic E-state index is 0. The van der Waals surface area contributed by atoms with Crippen molar-refractivity contribution in [1.82, 2.24) is 0 Å². The van der Waals surface area contributed by atoms with Crippen LogP contribution in [0.1, 0.15) is 23.7 Å². The van der Waals surface area contributed by atoms with E-state index in [9.17, 15) is 0 Å². The van der Waals surface area contributed by atoms with Crippen LogP contribution in [-0.2, 0) is 0 Å². The molecule has 0 aliphatic heterocycles. The van der Waals surface area contributed by atoms with E-state index >= 15 is 0 Å². The molecule has 0 aliphatic rings. The van der Waals surface area contributed by atoms with E-state index in [1.54, 1.807) is 0 Å². The Hall–Kier alpha value is 2.37. The van der Waals surface area contributed by atoms with Gasteiger partial charge in [0.15, 0.2) is 0 Å². The van der Waals surface area contributed by atoms with E-state index in [0.717, 1.165) is 0 Å². The first-order chi connectivity index (χ1) is 0. The van der Waals surface area contributed by atoms with Gasteiger partial charge in [-0.25, -0.2) is 0 Å². The monoisotopic (exact) mass is 217 g/mol. The molecule has 0 rings (SSSR count). The summed E-state index contributed by atoms with van der Waals surface area (Å²) >= 11 is 0. The van der Waals surface area contributed by atoms with Crippen LogP contribution in [0.15, 0.2) is 0 Å². The van der Waals surface area contributed by atoms with Crippen molar-refractivity contribution in [3.63, 3.8) is 0 Å². The maximum atomic E-state index is 0. The van der Waals surface area contributed by atoms with Crippen molar-refractivity contribution in [1.29, 1.82) is 0 Å². The van der Waals surface area contributed by atoms with E-state index in [4.69, 9.17) is 0 Å². The van der Waals surface area contributed by atoms with Gasteiger partial charge in [-0.3, -0.25) is 0 Å². The van der Waals surface area contributed by atoms with Crippen molar-refractivity contribution in [3.8, 4) is 0 Å². The second kappa shape index (κ2) is 32.7. The van der Waals surface area contributed by atoms with Crippen LogP contribution in [0.25, 0.3) is 0 Å². The number of rotatable bonds is 0. The fourth-order valence-corrected chi connectivity index (χ4v) is 0. The van der Waals surface area contributed by atoms with Gasteiger partial charge in [0.1, 0.15) is 0 Å². The Labute approximate surface area is 97.0 Å². The fourth-order valence-electron chi connectivity index (χ4n) is 0. The third-order valence-electron chi connectivity index (χ3n) is 0. The number of hydrogen-bond donors (Lipinski definition) is 0. The molecule has 0 saturated carbocycles. The quantitative estimate of drug-likeness (QED) is 0.288. The van der Waals surface area contributed by atoms with Crippen LogP contribution in [0.3, 0.4) is 0 Å². The van der Waals surface area contributed by atoms with Crippen LogP contribution in [0, 0.1) is 0 Å². The van der Waals surface area contributed by atoms with Gasteiger partial charge in [0.25, 0.3) is 0 Å². The molecular weight excluding hydrogens is 202 g/mol. The van der Waals surface area contributed by atoms with Crippen molar-refractivity contribution in [2.45, 2.75) is 22.3 Å². The molecule has 0 spiro atoms. The van der Waals surface area contributed by atoms with E-state index in [-0.39, 0.29) is 99.1 Å². The molecule has 0 nitrogen and oxygen atoms in total. The predicted molar refractivity (Wildman–Crippen MR) is 22.3 cm³/mol. The molecule has 0 N–H and O–H groups in total. The first kappa shape index (κ1) is 53.3. The van der Waals surface area contributed by atoms with Gasteiger partial charge in [-0.2, -0.15) is 0 Å². The molecular formula is C3H14IK. The standard InChI is InChI=1S/3CH4.HI.K.H2/h3*1H4;1H;;1H/q;;;;+1;/p-1/i;;;;;1+1. The zero-order valence-electron chi connectivity index (χ0n) is 1.38. The van der Waals surface area contributed by atoms with Crippen molar-refractivity contribution in [2.75, 3.05) is 0 Å². The average molecular weight is 217 g/mol. The average Bonchev–Trinajstić information content (AvgIpc) is 0. The summed E-state index contributed by atoms with van der Waals surface area (Å²) in [4.78, 5) is 0. The van der Waals surface area contributed by atoms with Crippen LogP contribution in [0.4, 0.5) is 0 Å². The molecule has 0 aliphatic carbocycles. The molecule has 0 unspecified atom stereocenters. The molecule has 0 bridgehead atoms. The van der Waals surface area contributed by atoms with Crippen LogP contribution in [0.2, 0.25) is 0 Å². The van der Waals surface area contributed by atoms with Crippen molar-refractivity contribution >= 4 is 0 Å². The topological polar surface area (TPSA) is 0 Å². The molecule has 0 aromatic heterocycles. The summed E-state index contributed by atoms with van der Waals surface area (Å²) in [6.45, 7) is 0. The van der Waals surface area contributed by atoms with Crippen LogP contribution >= 0.6 is 0 Å². The van der Waals surface area contributed by atoms with E-state index in [1.165, 1.54) is 0 Å². The van der Waals surface area contributed by atoms with E-state index < -0.39 is 0 Å². The molecule has 5 heavy (non-hydrogen) atoms. The van der Waals surface area contributed by atoms with Gasteiger partial charge in [0.2, 0.25) is 0 Å². The zero-order valence-corrected chi connectivity index (χ0v) is 6.66. The Morgan fingerprint density at radius 2 is 0.800 bits per heavy atom. The van der Waals surface area contributed by atoms with Gasteiger partial charge < -0.3 is 24.0 Å². The Morgan fingerprint density at radius 3 is 0.800 bits per heavy atom. The van der Waals surface area contributed by atoms with Gasteiger partial charge in [0.05, 0.1) is 0 Å². The zero-order chi connectivity index (χ0) is 0. The molecule has 34 valence electrons. The van der Waals surface area contributed by atoms with E-state index in [2.05, 4.69) is 0 Å². The Kier molecular flexibility index (Phi) is 349. The molecule has 0 amide bonds. The molecule has 0 aromatic carbocycles. The number of hydrogen-bond acceptors (Lipinski definition) is 0. The summed E-state index contributed by atoms with van der Waals surface area (Å²) in [5, 5.41) is 0. The van der Waals surface area contributed by atoms with E-state index in [0.29, 0.717) is 0 Å². The summed E-state index contributed by atoms with van der Waals surface area (Å²) < 4.78 is 0. The molecule has 2 heteroatoms. The molecule has 0 heterocycles. The first-order valence-electron chi connectivity index (χ1n) is 0. The Balaban J connectivity index is 0. The first-order valence-corrected chi connectivity index (χ1v) is 0. The van der Waals surface area contributed by atoms with Crippen molar-refractivity contribution in [3.05, 3.63) is 0 Å². The second-order valence-corrected chi connectivity index (χ2v) is 0. The molecule has 0 aromatic rings. The minimum Gasteiger partial charge on any atom is -1.00 e. The summed E-state index contributed by atoms with van der Waals surface area (Å²) in [7, 11) is 0.